The molecule has 0 fully saturated rings. The van der Waals surface area contributed by atoms with Gasteiger partial charge in [0.1, 0.15) is 0 Å². The maximum atomic E-state index is 12.6. The molecule has 0 radical (unpaired) electrons. The minimum absolute atomic E-state index is 0.0162. The van der Waals surface area contributed by atoms with Crippen molar-refractivity contribution in [2.75, 3.05) is 0 Å². The number of rotatable bonds is 0. The average molecular weight is 224 g/mol. The van der Waals surface area contributed by atoms with Crippen molar-refractivity contribution in [3.63, 3.8) is 0 Å². The molecule has 0 aromatic heterocycles. The van der Waals surface area contributed by atoms with E-state index in [1.54, 1.807) is 19.1 Å². The molecule has 0 aliphatic rings. The van der Waals surface area contributed by atoms with Crippen LogP contribution in [0.3, 0.4) is 0 Å². The summed E-state index contributed by atoms with van der Waals surface area (Å²) in [6.45, 7) is 1.68. The second-order valence-corrected chi connectivity index (χ2v) is 2.50. The lowest BCUT2D eigenvalue weighted by molar-refractivity contribution is 0.368. The van der Waals surface area contributed by atoms with Crippen LogP contribution in [0.4, 0.5) is 27.3 Å². The fourth-order valence-electron chi connectivity index (χ4n) is 0.750. The SMILES string of the molecule is Cc1cccc(F)c1[N+]#N.F[B-](F)(F)F. The summed E-state index contributed by atoms with van der Waals surface area (Å²) in [5.74, 6) is -0.498. The number of nitrogens with zero attached hydrogens (tertiary/aromatic N) is 2. The van der Waals surface area contributed by atoms with E-state index >= 15 is 0 Å². The second-order valence-electron chi connectivity index (χ2n) is 2.50. The Morgan fingerprint density at radius 3 is 1.93 bits per heavy atom. The first-order chi connectivity index (χ1) is 6.75. The third-order valence-electron chi connectivity index (χ3n) is 1.29. The van der Waals surface area contributed by atoms with Crippen LogP contribution < -0.4 is 0 Å². The molecule has 2 nitrogen and oxygen atoms in total. The van der Waals surface area contributed by atoms with E-state index in [-0.39, 0.29) is 5.69 Å². The van der Waals surface area contributed by atoms with Crippen molar-refractivity contribution in [1.29, 1.82) is 5.39 Å². The molecule has 0 saturated carbocycles. The lowest BCUT2D eigenvalue weighted by Gasteiger charge is -1.94. The number of halogens is 5. The van der Waals surface area contributed by atoms with Crippen LogP contribution in [-0.4, -0.2) is 7.25 Å². The summed E-state index contributed by atoms with van der Waals surface area (Å²) in [6.07, 6.45) is 0. The van der Waals surface area contributed by atoms with Crippen LogP contribution in [0, 0.1) is 18.1 Å². The summed E-state index contributed by atoms with van der Waals surface area (Å²) in [5, 5.41) is 8.28. The van der Waals surface area contributed by atoms with Crippen LogP contribution in [0.5, 0.6) is 0 Å². The smallest absolute Gasteiger partial charge is 0.418 e. The number of benzene rings is 1. The molecule has 0 aliphatic heterocycles. The Bertz CT molecular complexity index is 344. The Labute approximate surface area is 82.4 Å². The van der Waals surface area contributed by atoms with E-state index in [9.17, 15) is 21.7 Å². The predicted octanol–water partition coefficient (Wildman–Crippen LogP) is 3.92. The minimum atomic E-state index is -6.00. The van der Waals surface area contributed by atoms with Gasteiger partial charge in [0.15, 0.2) is 4.98 Å². The van der Waals surface area contributed by atoms with Crippen LogP contribution in [0.15, 0.2) is 18.2 Å². The van der Waals surface area contributed by atoms with Crippen molar-refractivity contribution in [2.24, 2.45) is 0 Å². The Hall–Kier alpha value is -1.65. The fourth-order valence-corrected chi connectivity index (χ4v) is 0.750. The van der Waals surface area contributed by atoms with Gasteiger partial charge in [-0.1, -0.05) is 12.1 Å². The van der Waals surface area contributed by atoms with Crippen molar-refractivity contribution in [1.82, 2.24) is 0 Å². The third kappa shape index (κ3) is 6.43. The topological polar surface area (TPSA) is 28.1 Å². The van der Waals surface area contributed by atoms with Crippen molar-refractivity contribution in [2.45, 2.75) is 6.92 Å². The number of hydrogen-bond acceptors (Lipinski definition) is 1. The van der Waals surface area contributed by atoms with E-state index in [4.69, 9.17) is 5.39 Å². The van der Waals surface area contributed by atoms with Crippen LogP contribution >= 0.6 is 0 Å². The molecule has 0 heterocycles. The van der Waals surface area contributed by atoms with Gasteiger partial charge in [-0.25, -0.2) is 0 Å². The van der Waals surface area contributed by atoms with Gasteiger partial charge >= 0.3 is 12.9 Å². The molecule has 0 unspecified atom stereocenters. The molecular weight excluding hydrogens is 218 g/mol. The summed E-state index contributed by atoms with van der Waals surface area (Å²) in [5.41, 5.74) is 0.644. The molecule has 0 N–H and O–H groups in total. The molecule has 15 heavy (non-hydrogen) atoms. The molecule has 0 saturated heterocycles. The zero-order valence-electron chi connectivity index (χ0n) is 7.59. The molecule has 0 aliphatic carbocycles. The molecule has 0 spiro atoms. The molecule has 0 amide bonds. The first-order valence-electron chi connectivity index (χ1n) is 3.73. The molecule has 8 heteroatoms. The van der Waals surface area contributed by atoms with Gasteiger partial charge in [0.25, 0.3) is 0 Å². The molecule has 0 atom stereocenters. The Morgan fingerprint density at radius 2 is 1.67 bits per heavy atom. The monoisotopic (exact) mass is 224 g/mol. The lowest BCUT2D eigenvalue weighted by atomic mass is 10.2. The van der Waals surface area contributed by atoms with E-state index < -0.39 is 13.1 Å². The zero-order chi connectivity index (χ0) is 12.1. The van der Waals surface area contributed by atoms with Crippen LogP contribution in [-0.2, 0) is 0 Å². The third-order valence-corrected chi connectivity index (χ3v) is 1.29. The molecule has 0 bridgehead atoms. The Morgan fingerprint density at radius 1 is 1.20 bits per heavy atom. The maximum absolute atomic E-state index is 12.6. The first-order valence-corrected chi connectivity index (χ1v) is 3.73. The van der Waals surface area contributed by atoms with E-state index in [1.165, 1.54) is 6.07 Å². The summed E-state index contributed by atoms with van der Waals surface area (Å²) in [4.78, 5) is 2.79. The van der Waals surface area contributed by atoms with Gasteiger partial charge in [-0.05, 0) is 13.0 Å². The number of hydrogen-bond donors (Lipinski definition) is 0. The van der Waals surface area contributed by atoms with Gasteiger partial charge in [0.05, 0.1) is 0 Å². The molecule has 1 rings (SSSR count). The summed E-state index contributed by atoms with van der Waals surface area (Å²) in [6, 6.07) is 4.50. The van der Waals surface area contributed by atoms with Crippen molar-refractivity contribution < 1.29 is 21.7 Å². The lowest BCUT2D eigenvalue weighted by Crippen LogP contribution is -2.02. The van der Waals surface area contributed by atoms with Crippen molar-refractivity contribution in [3.8, 4) is 0 Å². The average Bonchev–Trinajstić information content (AvgIpc) is 2.01. The molecular formula is C7H6BF5N2. The number of aryl methyl sites for hydroxylation is 1. The van der Waals surface area contributed by atoms with Gasteiger partial charge in [-0.15, -0.1) is 0 Å². The molecule has 82 valence electrons. The highest BCUT2D eigenvalue weighted by atomic mass is 19.5. The highest BCUT2D eigenvalue weighted by Gasteiger charge is 2.20. The van der Waals surface area contributed by atoms with Gasteiger partial charge in [0.2, 0.25) is 11.2 Å². The van der Waals surface area contributed by atoms with E-state index in [2.05, 4.69) is 4.98 Å². The van der Waals surface area contributed by atoms with Gasteiger partial charge < -0.3 is 17.3 Å². The number of diazo groups is 1. The summed E-state index contributed by atoms with van der Waals surface area (Å²) >= 11 is 0. The van der Waals surface area contributed by atoms with Gasteiger partial charge in [0, 0.05) is 5.56 Å². The second kappa shape index (κ2) is 5.29. The van der Waals surface area contributed by atoms with Gasteiger partial charge in [-0.3, -0.25) is 0 Å². The summed E-state index contributed by atoms with van der Waals surface area (Å²) in [7, 11) is -6.00. The van der Waals surface area contributed by atoms with Crippen molar-refractivity contribution >= 4 is 12.9 Å². The Balaban J connectivity index is 0.000000336. The zero-order valence-corrected chi connectivity index (χ0v) is 7.59. The van der Waals surface area contributed by atoms with Crippen LogP contribution in [0.2, 0.25) is 0 Å². The van der Waals surface area contributed by atoms with E-state index in [0.717, 1.165) is 0 Å². The molecule has 1 aromatic rings. The minimum Gasteiger partial charge on any atom is -0.418 e. The first kappa shape index (κ1) is 13.4. The molecule has 1 aromatic carbocycles. The fraction of sp³-hybridized carbons (Fsp3) is 0.143. The van der Waals surface area contributed by atoms with E-state index in [1.807, 2.05) is 0 Å². The standard InChI is InChI=1S/C7H6FN2.BF4/c1-5-3-2-4-6(8)7(5)10-9;2-1(3,4)5/h2-4H,1H3;/q+1;-1. The normalized spacial score (nSPS) is 9.93. The highest BCUT2D eigenvalue weighted by molar-refractivity contribution is 6.50. The van der Waals surface area contributed by atoms with Crippen LogP contribution in [0.25, 0.3) is 4.98 Å². The van der Waals surface area contributed by atoms with Gasteiger partial charge in [-0.2, -0.15) is 4.39 Å². The highest BCUT2D eigenvalue weighted by Crippen LogP contribution is 2.21. The van der Waals surface area contributed by atoms with Crippen LogP contribution in [0.1, 0.15) is 5.56 Å². The largest absolute Gasteiger partial charge is 0.673 e. The van der Waals surface area contributed by atoms with Crippen molar-refractivity contribution in [3.05, 3.63) is 34.6 Å². The van der Waals surface area contributed by atoms with E-state index in [0.29, 0.717) is 5.56 Å². The quantitative estimate of drug-likeness (QED) is 0.372. The maximum Gasteiger partial charge on any atom is 0.673 e. The predicted molar refractivity (Wildman–Crippen MR) is 46.1 cm³/mol. The Kier molecular flexibility index (Phi) is 4.71. The summed E-state index contributed by atoms with van der Waals surface area (Å²) < 4.78 is 51.6.